The molecule has 1 heterocycles. The number of aryl methyl sites for hydroxylation is 1. The summed E-state index contributed by atoms with van der Waals surface area (Å²) in [5.41, 5.74) is 3.78. The fourth-order valence-corrected chi connectivity index (χ4v) is 2.30. The second-order valence-electron chi connectivity index (χ2n) is 4.75. The molecule has 0 fully saturated rings. The maximum absolute atomic E-state index is 11.8. The topological polar surface area (TPSA) is 47.6 Å². The second-order valence-corrected chi connectivity index (χ2v) is 4.75. The molecule has 1 aliphatic heterocycles. The minimum atomic E-state index is -0.175. The maximum Gasteiger partial charge on any atom is 0.262 e. The SMILES string of the molecule is COc1ccc2c(c1)NC(=O)COc1ccc(C)cc1-2. The molecular formula is C16H15NO3. The Morgan fingerprint density at radius 3 is 2.80 bits per heavy atom. The molecule has 0 atom stereocenters. The van der Waals surface area contributed by atoms with E-state index in [0.717, 1.165) is 28.1 Å². The van der Waals surface area contributed by atoms with Gasteiger partial charge in [0.05, 0.1) is 12.8 Å². The lowest BCUT2D eigenvalue weighted by atomic mass is 9.99. The summed E-state index contributed by atoms with van der Waals surface area (Å²) in [5, 5.41) is 2.85. The number of hydrogen-bond donors (Lipinski definition) is 1. The quantitative estimate of drug-likeness (QED) is 0.865. The van der Waals surface area contributed by atoms with Crippen molar-refractivity contribution >= 4 is 11.6 Å². The number of hydrogen-bond acceptors (Lipinski definition) is 3. The molecule has 0 spiro atoms. The van der Waals surface area contributed by atoms with Crippen molar-refractivity contribution in [3.8, 4) is 22.6 Å². The number of methoxy groups -OCH3 is 1. The molecule has 0 radical (unpaired) electrons. The van der Waals surface area contributed by atoms with Gasteiger partial charge in [-0.15, -0.1) is 0 Å². The number of ether oxygens (including phenoxy) is 2. The molecule has 0 aliphatic carbocycles. The van der Waals surface area contributed by atoms with E-state index in [-0.39, 0.29) is 12.5 Å². The fourth-order valence-electron chi connectivity index (χ4n) is 2.30. The number of benzene rings is 2. The molecule has 4 nitrogen and oxygen atoms in total. The van der Waals surface area contributed by atoms with Gasteiger partial charge in [0.2, 0.25) is 0 Å². The molecule has 3 rings (SSSR count). The number of fused-ring (bicyclic) bond motifs is 3. The maximum atomic E-state index is 11.8. The first-order valence-corrected chi connectivity index (χ1v) is 6.39. The van der Waals surface area contributed by atoms with Gasteiger partial charge in [-0.1, -0.05) is 11.6 Å². The Bertz CT molecular complexity index is 679. The van der Waals surface area contributed by atoms with Crippen molar-refractivity contribution in [1.82, 2.24) is 0 Å². The van der Waals surface area contributed by atoms with Crippen LogP contribution in [0.15, 0.2) is 36.4 Å². The van der Waals surface area contributed by atoms with Crippen molar-refractivity contribution in [2.75, 3.05) is 19.0 Å². The smallest absolute Gasteiger partial charge is 0.262 e. The molecule has 0 aromatic heterocycles. The van der Waals surface area contributed by atoms with Crippen molar-refractivity contribution in [2.24, 2.45) is 0 Å². The standard InChI is InChI=1S/C16H15NO3/c1-10-3-6-15-13(7-10)12-5-4-11(19-2)8-14(12)17-16(18)9-20-15/h3-8H,9H2,1-2H3,(H,17,18). The largest absolute Gasteiger partial charge is 0.497 e. The zero-order chi connectivity index (χ0) is 14.1. The molecular weight excluding hydrogens is 254 g/mol. The number of carbonyl (C=O) groups excluding carboxylic acids is 1. The Balaban J connectivity index is 2.22. The zero-order valence-electron chi connectivity index (χ0n) is 11.4. The third-order valence-corrected chi connectivity index (χ3v) is 3.28. The van der Waals surface area contributed by atoms with E-state index >= 15 is 0 Å². The first-order chi connectivity index (χ1) is 9.67. The van der Waals surface area contributed by atoms with Crippen molar-refractivity contribution in [3.63, 3.8) is 0 Å². The molecule has 2 aromatic rings. The van der Waals surface area contributed by atoms with Crippen LogP contribution in [0.4, 0.5) is 5.69 Å². The molecule has 102 valence electrons. The van der Waals surface area contributed by atoms with Crippen LogP contribution in [-0.2, 0) is 4.79 Å². The van der Waals surface area contributed by atoms with Gasteiger partial charge in [-0.05, 0) is 31.2 Å². The van der Waals surface area contributed by atoms with Crippen LogP contribution in [0.3, 0.4) is 0 Å². The Labute approximate surface area is 117 Å². The van der Waals surface area contributed by atoms with Gasteiger partial charge < -0.3 is 14.8 Å². The van der Waals surface area contributed by atoms with Gasteiger partial charge in [-0.2, -0.15) is 0 Å². The van der Waals surface area contributed by atoms with Crippen LogP contribution < -0.4 is 14.8 Å². The minimum absolute atomic E-state index is 0.00666. The Hall–Kier alpha value is -2.49. The number of rotatable bonds is 1. The van der Waals surface area contributed by atoms with E-state index in [2.05, 4.69) is 11.4 Å². The predicted octanol–water partition coefficient (Wildman–Crippen LogP) is 3.00. The van der Waals surface area contributed by atoms with Crippen LogP contribution >= 0.6 is 0 Å². The molecule has 1 N–H and O–H groups in total. The number of nitrogens with one attached hydrogen (secondary N) is 1. The minimum Gasteiger partial charge on any atom is -0.497 e. The highest BCUT2D eigenvalue weighted by Gasteiger charge is 2.18. The van der Waals surface area contributed by atoms with Crippen LogP contribution in [0.25, 0.3) is 11.1 Å². The summed E-state index contributed by atoms with van der Waals surface area (Å²) in [7, 11) is 1.60. The summed E-state index contributed by atoms with van der Waals surface area (Å²) in [5.74, 6) is 1.25. The fraction of sp³-hybridized carbons (Fsp3) is 0.188. The first-order valence-electron chi connectivity index (χ1n) is 6.39. The summed E-state index contributed by atoms with van der Waals surface area (Å²) < 4.78 is 10.8. The number of amides is 1. The molecule has 0 unspecified atom stereocenters. The van der Waals surface area contributed by atoms with Crippen LogP contribution in [0.1, 0.15) is 5.56 Å². The van der Waals surface area contributed by atoms with Crippen molar-refractivity contribution in [2.45, 2.75) is 6.92 Å². The zero-order valence-corrected chi connectivity index (χ0v) is 11.4. The average Bonchev–Trinajstić information content (AvgIpc) is 2.44. The van der Waals surface area contributed by atoms with Crippen molar-refractivity contribution in [1.29, 1.82) is 0 Å². The molecule has 4 heteroatoms. The predicted molar refractivity (Wildman–Crippen MR) is 77.3 cm³/mol. The van der Waals surface area contributed by atoms with Gasteiger partial charge in [0.15, 0.2) is 6.61 Å². The Morgan fingerprint density at radius 1 is 1.15 bits per heavy atom. The summed E-state index contributed by atoms with van der Waals surface area (Å²) in [4.78, 5) is 11.8. The Morgan fingerprint density at radius 2 is 2.00 bits per heavy atom. The van der Waals surface area contributed by atoms with Crippen molar-refractivity contribution < 1.29 is 14.3 Å². The Kier molecular flexibility index (Phi) is 3.06. The molecule has 0 saturated heterocycles. The van der Waals surface area contributed by atoms with Gasteiger partial charge in [0, 0.05) is 17.2 Å². The summed E-state index contributed by atoms with van der Waals surface area (Å²) in [6, 6.07) is 11.6. The van der Waals surface area contributed by atoms with Gasteiger partial charge in [-0.3, -0.25) is 4.79 Å². The highest BCUT2D eigenvalue weighted by molar-refractivity contribution is 5.98. The van der Waals surface area contributed by atoms with E-state index in [1.807, 2.05) is 37.3 Å². The third kappa shape index (κ3) is 2.20. The molecule has 0 saturated carbocycles. The van der Waals surface area contributed by atoms with E-state index in [1.165, 1.54) is 0 Å². The number of anilines is 1. The molecule has 1 amide bonds. The highest BCUT2D eigenvalue weighted by atomic mass is 16.5. The van der Waals surface area contributed by atoms with E-state index < -0.39 is 0 Å². The van der Waals surface area contributed by atoms with E-state index in [9.17, 15) is 4.79 Å². The summed E-state index contributed by atoms with van der Waals surface area (Å²) >= 11 is 0. The molecule has 2 aromatic carbocycles. The van der Waals surface area contributed by atoms with Gasteiger partial charge in [0.1, 0.15) is 11.5 Å². The van der Waals surface area contributed by atoms with Crippen LogP contribution in [-0.4, -0.2) is 19.6 Å². The normalized spacial score (nSPS) is 13.2. The lowest BCUT2D eigenvalue weighted by molar-refractivity contribution is -0.118. The average molecular weight is 269 g/mol. The molecule has 20 heavy (non-hydrogen) atoms. The summed E-state index contributed by atoms with van der Waals surface area (Å²) in [6.45, 7) is 2.04. The summed E-state index contributed by atoms with van der Waals surface area (Å²) in [6.07, 6.45) is 0. The molecule has 0 bridgehead atoms. The first kappa shape index (κ1) is 12.5. The van der Waals surface area contributed by atoms with Crippen LogP contribution in [0.2, 0.25) is 0 Å². The van der Waals surface area contributed by atoms with Crippen LogP contribution in [0.5, 0.6) is 11.5 Å². The van der Waals surface area contributed by atoms with E-state index in [1.54, 1.807) is 7.11 Å². The van der Waals surface area contributed by atoms with Crippen molar-refractivity contribution in [3.05, 3.63) is 42.0 Å². The molecule has 1 aliphatic rings. The lowest BCUT2D eigenvalue weighted by Crippen LogP contribution is -2.22. The van der Waals surface area contributed by atoms with Gasteiger partial charge >= 0.3 is 0 Å². The van der Waals surface area contributed by atoms with Gasteiger partial charge in [-0.25, -0.2) is 0 Å². The van der Waals surface area contributed by atoms with Gasteiger partial charge in [0.25, 0.3) is 5.91 Å². The third-order valence-electron chi connectivity index (χ3n) is 3.28. The van der Waals surface area contributed by atoms with E-state index in [4.69, 9.17) is 9.47 Å². The highest BCUT2D eigenvalue weighted by Crippen LogP contribution is 2.38. The van der Waals surface area contributed by atoms with E-state index in [0.29, 0.717) is 5.75 Å². The second kappa shape index (κ2) is 4.89. The monoisotopic (exact) mass is 269 g/mol. The van der Waals surface area contributed by atoms with Crippen LogP contribution in [0, 0.1) is 6.92 Å². The lowest BCUT2D eigenvalue weighted by Gasteiger charge is -2.20. The number of carbonyl (C=O) groups is 1.